The topological polar surface area (TPSA) is 105 Å². The van der Waals surface area contributed by atoms with Crippen LogP contribution in [-0.2, 0) is 27.4 Å². The minimum atomic E-state index is -0.534. The number of aldehydes is 1. The van der Waals surface area contributed by atoms with E-state index in [1.807, 2.05) is 0 Å². The van der Waals surface area contributed by atoms with Gasteiger partial charge in [-0.2, -0.15) is 0 Å². The van der Waals surface area contributed by atoms with E-state index in [0.29, 0.717) is 41.6 Å². The molecule has 1 aliphatic heterocycles. The number of ether oxygens (including phenoxy) is 2. The van der Waals surface area contributed by atoms with Gasteiger partial charge in [0.1, 0.15) is 17.9 Å². The molecule has 9 nitrogen and oxygen atoms in total. The van der Waals surface area contributed by atoms with E-state index in [-0.39, 0.29) is 24.2 Å². The maximum atomic E-state index is 13.2. The second-order valence-electron chi connectivity index (χ2n) is 7.02. The number of fused-ring (bicyclic) bond motifs is 2. The first-order valence-corrected chi connectivity index (χ1v) is 9.93. The summed E-state index contributed by atoms with van der Waals surface area (Å²) in [7, 11) is 0. The van der Waals surface area contributed by atoms with Gasteiger partial charge in [-0.05, 0) is 12.1 Å². The van der Waals surface area contributed by atoms with Crippen LogP contribution in [0.25, 0.3) is 22.1 Å². The molecule has 1 saturated heterocycles. The quantitative estimate of drug-likeness (QED) is 0.430. The lowest BCUT2D eigenvalue weighted by molar-refractivity contribution is -0.108. The van der Waals surface area contributed by atoms with Gasteiger partial charge in [-0.1, -0.05) is 0 Å². The molecule has 33 heavy (non-hydrogen) atoms. The normalized spacial score (nSPS) is 13.8. The Hall–Kier alpha value is -3.83. The SMILES string of the molecule is O=CCn1c(=O)ccc2ncc(F)cc21.O=c1ccc2ncc(F)cc2n1CC1OCCO1. The van der Waals surface area contributed by atoms with Crippen molar-refractivity contribution < 1.29 is 23.0 Å². The Bertz CT molecular complexity index is 1430. The molecule has 1 aliphatic rings. The van der Waals surface area contributed by atoms with Crippen LogP contribution in [0.3, 0.4) is 0 Å². The minimum Gasteiger partial charge on any atom is -0.348 e. The first-order valence-electron chi connectivity index (χ1n) is 9.93. The first-order chi connectivity index (χ1) is 16.0. The van der Waals surface area contributed by atoms with Gasteiger partial charge in [0.05, 0.1) is 60.8 Å². The summed E-state index contributed by atoms with van der Waals surface area (Å²) in [5, 5.41) is 0. The molecule has 0 spiro atoms. The molecule has 5 rings (SSSR count). The number of rotatable bonds is 4. The maximum Gasteiger partial charge on any atom is 0.251 e. The van der Waals surface area contributed by atoms with E-state index in [9.17, 15) is 23.2 Å². The van der Waals surface area contributed by atoms with E-state index in [1.165, 1.54) is 39.5 Å². The zero-order valence-corrected chi connectivity index (χ0v) is 17.2. The molecule has 170 valence electrons. The number of carbonyl (C=O) groups is 1. The highest BCUT2D eigenvalue weighted by Gasteiger charge is 2.18. The lowest BCUT2D eigenvalue weighted by Gasteiger charge is -2.13. The molecule has 0 radical (unpaired) electrons. The monoisotopic (exact) mass is 456 g/mol. The highest BCUT2D eigenvalue weighted by atomic mass is 19.1. The van der Waals surface area contributed by atoms with Crippen molar-refractivity contribution in [3.05, 3.63) is 81.1 Å². The maximum absolute atomic E-state index is 13.2. The molecule has 0 unspecified atom stereocenters. The van der Waals surface area contributed by atoms with Crippen LogP contribution in [0.1, 0.15) is 0 Å². The highest BCUT2D eigenvalue weighted by Crippen LogP contribution is 2.13. The van der Waals surface area contributed by atoms with Gasteiger partial charge in [0.25, 0.3) is 11.1 Å². The number of pyridine rings is 4. The van der Waals surface area contributed by atoms with Crippen molar-refractivity contribution in [3.63, 3.8) is 0 Å². The third-order valence-corrected chi connectivity index (χ3v) is 4.89. The molecule has 0 atom stereocenters. The van der Waals surface area contributed by atoms with E-state index >= 15 is 0 Å². The molecule has 0 N–H and O–H groups in total. The largest absolute Gasteiger partial charge is 0.348 e. The van der Waals surface area contributed by atoms with Gasteiger partial charge in [0, 0.05) is 24.3 Å². The zero-order chi connectivity index (χ0) is 23.4. The Morgan fingerprint density at radius 2 is 1.39 bits per heavy atom. The van der Waals surface area contributed by atoms with Gasteiger partial charge in [0.2, 0.25) is 0 Å². The first kappa shape index (κ1) is 22.4. The molecule has 4 aromatic heterocycles. The molecule has 4 aromatic rings. The summed E-state index contributed by atoms with van der Waals surface area (Å²) in [5.41, 5.74) is 1.25. The van der Waals surface area contributed by atoms with Gasteiger partial charge >= 0.3 is 0 Å². The molecule has 0 aliphatic carbocycles. The third kappa shape index (κ3) is 4.99. The summed E-state index contributed by atoms with van der Waals surface area (Å²) < 4.78 is 39.3. The number of nitrogens with zero attached hydrogens (tertiary/aromatic N) is 4. The standard InChI is InChI=1S/C12H11FN2O3.C10H7FN2O2/c13-8-5-10-9(14-6-8)1-2-11(16)15(10)7-12-17-3-4-18-12;11-7-5-9-8(12-6-7)1-2-10(15)13(9)3-4-14/h1-2,5-6,12H,3-4,7H2;1-2,4-6H,3H2. The van der Waals surface area contributed by atoms with E-state index in [1.54, 1.807) is 6.07 Å². The van der Waals surface area contributed by atoms with Crippen molar-refractivity contribution in [2.75, 3.05) is 13.2 Å². The second-order valence-corrected chi connectivity index (χ2v) is 7.02. The number of aromatic nitrogens is 4. The van der Waals surface area contributed by atoms with Crippen LogP contribution in [0.5, 0.6) is 0 Å². The average molecular weight is 456 g/mol. The predicted molar refractivity (Wildman–Crippen MR) is 114 cm³/mol. The predicted octanol–water partition coefficient (Wildman–Crippen LogP) is 1.64. The molecular weight excluding hydrogens is 438 g/mol. The average Bonchev–Trinajstić information content (AvgIpc) is 3.32. The summed E-state index contributed by atoms with van der Waals surface area (Å²) in [6.45, 7) is 1.16. The Kier molecular flexibility index (Phi) is 6.61. The van der Waals surface area contributed by atoms with E-state index < -0.39 is 17.9 Å². The van der Waals surface area contributed by atoms with Crippen LogP contribution >= 0.6 is 0 Å². The summed E-state index contributed by atoms with van der Waals surface area (Å²) in [6, 6.07) is 8.26. The van der Waals surface area contributed by atoms with Crippen LogP contribution in [0.4, 0.5) is 8.78 Å². The van der Waals surface area contributed by atoms with Crippen molar-refractivity contribution in [2.24, 2.45) is 0 Å². The molecule has 0 amide bonds. The summed E-state index contributed by atoms with van der Waals surface area (Å²) in [5.74, 6) is -1.01. The van der Waals surface area contributed by atoms with Gasteiger partial charge in [0.15, 0.2) is 6.29 Å². The zero-order valence-electron chi connectivity index (χ0n) is 17.2. The Morgan fingerprint density at radius 3 is 1.94 bits per heavy atom. The summed E-state index contributed by atoms with van der Waals surface area (Å²) in [6.07, 6.45) is 2.32. The molecule has 0 bridgehead atoms. The number of hydrogen-bond acceptors (Lipinski definition) is 7. The highest BCUT2D eigenvalue weighted by molar-refractivity contribution is 5.75. The van der Waals surface area contributed by atoms with Gasteiger partial charge in [-0.25, -0.2) is 8.78 Å². The molecule has 5 heterocycles. The molecular formula is C22H18F2N4O5. The van der Waals surface area contributed by atoms with Crippen molar-refractivity contribution in [1.29, 1.82) is 0 Å². The number of hydrogen-bond donors (Lipinski definition) is 0. The minimum absolute atomic E-state index is 0.0959. The lowest BCUT2D eigenvalue weighted by Crippen LogP contribution is -2.27. The second kappa shape index (κ2) is 9.76. The van der Waals surface area contributed by atoms with Gasteiger partial charge in [-0.15, -0.1) is 0 Å². The molecule has 0 saturated carbocycles. The molecule has 1 fully saturated rings. The summed E-state index contributed by atoms with van der Waals surface area (Å²) >= 11 is 0. The van der Waals surface area contributed by atoms with Gasteiger partial charge < -0.3 is 18.8 Å². The Balaban J connectivity index is 0.000000160. The number of halogens is 2. The van der Waals surface area contributed by atoms with Crippen LogP contribution in [-0.4, -0.2) is 44.9 Å². The van der Waals surface area contributed by atoms with E-state index in [0.717, 1.165) is 12.4 Å². The van der Waals surface area contributed by atoms with Crippen LogP contribution in [0.2, 0.25) is 0 Å². The fourth-order valence-corrected chi connectivity index (χ4v) is 3.40. The fourth-order valence-electron chi connectivity index (χ4n) is 3.40. The van der Waals surface area contributed by atoms with Crippen LogP contribution in [0, 0.1) is 11.6 Å². The lowest BCUT2D eigenvalue weighted by atomic mass is 10.3. The fraction of sp³-hybridized carbons (Fsp3) is 0.227. The molecule has 0 aromatic carbocycles. The Morgan fingerprint density at radius 1 is 0.879 bits per heavy atom. The Labute approximate surface area is 184 Å². The number of carbonyl (C=O) groups excluding carboxylic acids is 1. The van der Waals surface area contributed by atoms with Gasteiger partial charge in [-0.3, -0.25) is 24.1 Å². The van der Waals surface area contributed by atoms with Crippen molar-refractivity contribution in [3.8, 4) is 0 Å². The smallest absolute Gasteiger partial charge is 0.251 e. The van der Waals surface area contributed by atoms with E-state index in [2.05, 4.69) is 9.97 Å². The van der Waals surface area contributed by atoms with Crippen LogP contribution in [0.15, 0.2) is 58.4 Å². The summed E-state index contributed by atoms with van der Waals surface area (Å²) in [4.78, 5) is 41.4. The molecule has 11 heteroatoms. The van der Waals surface area contributed by atoms with Crippen molar-refractivity contribution in [1.82, 2.24) is 19.1 Å². The van der Waals surface area contributed by atoms with Crippen LogP contribution < -0.4 is 11.1 Å². The van der Waals surface area contributed by atoms with Crippen molar-refractivity contribution in [2.45, 2.75) is 19.4 Å². The van der Waals surface area contributed by atoms with E-state index in [4.69, 9.17) is 9.47 Å². The van der Waals surface area contributed by atoms with Crippen molar-refractivity contribution >= 4 is 28.4 Å². The third-order valence-electron chi connectivity index (χ3n) is 4.89.